The molecule has 5 nitrogen and oxygen atoms in total. The Kier molecular flexibility index (Phi) is 5.95. The molecule has 1 fully saturated rings. The van der Waals surface area contributed by atoms with Gasteiger partial charge in [-0.1, -0.05) is 13.8 Å². The highest BCUT2D eigenvalue weighted by molar-refractivity contribution is 5.76. The number of aliphatic carboxylic acids is 1. The van der Waals surface area contributed by atoms with Crippen molar-refractivity contribution in [1.82, 2.24) is 9.80 Å². The van der Waals surface area contributed by atoms with E-state index in [-0.39, 0.29) is 6.03 Å². The minimum atomic E-state index is -0.787. The third kappa shape index (κ3) is 3.89. The molecule has 1 saturated heterocycles. The Labute approximate surface area is 109 Å². The second-order valence-corrected chi connectivity index (χ2v) is 4.89. The number of carbonyl (C=O) groups excluding carboxylic acids is 1. The molecule has 1 heterocycles. The van der Waals surface area contributed by atoms with Gasteiger partial charge in [-0.05, 0) is 25.7 Å². The van der Waals surface area contributed by atoms with Crippen molar-refractivity contribution < 1.29 is 14.7 Å². The van der Waals surface area contributed by atoms with E-state index in [4.69, 9.17) is 5.11 Å². The second-order valence-electron chi connectivity index (χ2n) is 4.89. The minimum absolute atomic E-state index is 0.00431. The summed E-state index contributed by atoms with van der Waals surface area (Å²) >= 11 is 0. The second kappa shape index (κ2) is 7.24. The lowest BCUT2D eigenvalue weighted by molar-refractivity contribution is -0.143. The molecule has 0 saturated carbocycles. The first-order valence-corrected chi connectivity index (χ1v) is 6.86. The van der Waals surface area contributed by atoms with Gasteiger partial charge in [0.05, 0.1) is 5.92 Å². The predicted molar refractivity (Wildman–Crippen MR) is 69.5 cm³/mol. The Morgan fingerprint density at radius 2 is 1.89 bits per heavy atom. The van der Waals surface area contributed by atoms with E-state index in [1.165, 1.54) is 0 Å². The van der Waals surface area contributed by atoms with Crippen LogP contribution < -0.4 is 0 Å². The third-order valence-electron chi connectivity index (χ3n) is 3.30. The zero-order valence-corrected chi connectivity index (χ0v) is 11.4. The molecule has 0 spiro atoms. The molecular formula is C13H24N2O3. The quantitative estimate of drug-likeness (QED) is 0.818. The molecule has 0 aromatic rings. The molecule has 0 aliphatic carbocycles. The van der Waals surface area contributed by atoms with Crippen molar-refractivity contribution in [2.24, 2.45) is 5.92 Å². The summed E-state index contributed by atoms with van der Waals surface area (Å²) in [5.41, 5.74) is 0. The van der Waals surface area contributed by atoms with Gasteiger partial charge in [-0.15, -0.1) is 0 Å². The van der Waals surface area contributed by atoms with Gasteiger partial charge in [0, 0.05) is 26.2 Å². The van der Waals surface area contributed by atoms with E-state index in [0.29, 0.717) is 19.5 Å². The van der Waals surface area contributed by atoms with Crippen molar-refractivity contribution in [3.63, 3.8) is 0 Å². The molecule has 0 radical (unpaired) electrons. The highest BCUT2D eigenvalue weighted by Crippen LogP contribution is 2.18. The maximum Gasteiger partial charge on any atom is 0.320 e. The van der Waals surface area contributed by atoms with Crippen molar-refractivity contribution in [2.45, 2.75) is 39.5 Å². The smallest absolute Gasteiger partial charge is 0.320 e. The first kappa shape index (κ1) is 14.8. The summed E-state index contributed by atoms with van der Waals surface area (Å²) in [4.78, 5) is 26.8. The zero-order valence-electron chi connectivity index (χ0n) is 11.4. The summed E-state index contributed by atoms with van der Waals surface area (Å²) < 4.78 is 0. The lowest BCUT2D eigenvalue weighted by Crippen LogP contribution is -2.49. The molecule has 5 heteroatoms. The summed E-state index contributed by atoms with van der Waals surface area (Å²) in [5.74, 6) is -1.18. The number of hydrogen-bond acceptors (Lipinski definition) is 2. The van der Waals surface area contributed by atoms with Crippen LogP contribution in [-0.2, 0) is 4.79 Å². The number of carboxylic acid groups (broad SMARTS) is 1. The van der Waals surface area contributed by atoms with Gasteiger partial charge < -0.3 is 14.9 Å². The zero-order chi connectivity index (χ0) is 13.5. The number of likely N-dealkylation sites (tertiary alicyclic amines) is 1. The average Bonchev–Trinajstić information content (AvgIpc) is 2.38. The van der Waals surface area contributed by atoms with E-state index in [1.807, 2.05) is 18.7 Å². The fourth-order valence-electron chi connectivity index (χ4n) is 2.40. The van der Waals surface area contributed by atoms with Gasteiger partial charge in [-0.2, -0.15) is 0 Å². The van der Waals surface area contributed by atoms with E-state index >= 15 is 0 Å². The summed E-state index contributed by atoms with van der Waals surface area (Å²) in [6, 6.07) is 0.00431. The first-order chi connectivity index (χ1) is 8.60. The van der Waals surface area contributed by atoms with Crippen molar-refractivity contribution in [2.75, 3.05) is 26.2 Å². The van der Waals surface area contributed by atoms with Gasteiger partial charge in [0.2, 0.25) is 0 Å². The number of hydrogen-bond donors (Lipinski definition) is 1. The summed E-state index contributed by atoms with van der Waals surface area (Å²) in [6.07, 6.45) is 3.33. The lowest BCUT2D eigenvalue weighted by Gasteiger charge is -2.35. The van der Waals surface area contributed by atoms with Crippen LogP contribution in [0, 0.1) is 5.92 Å². The molecule has 1 rings (SSSR count). The number of piperidine rings is 1. The molecule has 1 atom stereocenters. The van der Waals surface area contributed by atoms with Crippen molar-refractivity contribution in [3.8, 4) is 0 Å². The highest BCUT2D eigenvalue weighted by Gasteiger charge is 2.29. The number of amides is 2. The Morgan fingerprint density at radius 1 is 1.28 bits per heavy atom. The summed E-state index contributed by atoms with van der Waals surface area (Å²) in [6.45, 7) is 6.64. The molecule has 0 aromatic heterocycles. The van der Waals surface area contributed by atoms with E-state index in [9.17, 15) is 9.59 Å². The highest BCUT2D eigenvalue weighted by atomic mass is 16.4. The first-order valence-electron chi connectivity index (χ1n) is 6.86. The Balaban J connectivity index is 2.60. The molecule has 0 unspecified atom stereocenters. The fraction of sp³-hybridized carbons (Fsp3) is 0.846. The van der Waals surface area contributed by atoms with Crippen LogP contribution in [0.5, 0.6) is 0 Å². The van der Waals surface area contributed by atoms with E-state index in [2.05, 4.69) is 0 Å². The van der Waals surface area contributed by atoms with Gasteiger partial charge >= 0.3 is 12.0 Å². The predicted octanol–water partition coefficient (Wildman–Crippen LogP) is 2.03. The van der Waals surface area contributed by atoms with E-state index in [1.54, 1.807) is 4.90 Å². The topological polar surface area (TPSA) is 60.9 Å². The largest absolute Gasteiger partial charge is 0.481 e. The standard InChI is InChI=1S/C13H24N2O3/c1-3-7-14(8-4-2)13(18)15-9-5-6-11(10-15)12(16)17/h11H,3-10H2,1-2H3,(H,16,17)/t11-/m1/s1. The fourth-order valence-corrected chi connectivity index (χ4v) is 2.40. The molecule has 0 aromatic carbocycles. The molecule has 18 heavy (non-hydrogen) atoms. The van der Waals surface area contributed by atoms with E-state index in [0.717, 1.165) is 32.4 Å². The lowest BCUT2D eigenvalue weighted by atomic mass is 9.98. The molecule has 1 aliphatic rings. The molecule has 1 N–H and O–H groups in total. The Bertz CT molecular complexity index is 288. The Hall–Kier alpha value is -1.26. The van der Waals surface area contributed by atoms with Crippen LogP contribution >= 0.6 is 0 Å². The van der Waals surface area contributed by atoms with Crippen LogP contribution in [0.4, 0.5) is 4.79 Å². The number of nitrogens with zero attached hydrogens (tertiary/aromatic N) is 2. The van der Waals surface area contributed by atoms with Crippen LogP contribution in [0.15, 0.2) is 0 Å². The van der Waals surface area contributed by atoms with Gasteiger partial charge in [-0.25, -0.2) is 4.79 Å². The van der Waals surface area contributed by atoms with Gasteiger partial charge in [0.25, 0.3) is 0 Å². The summed E-state index contributed by atoms with van der Waals surface area (Å²) in [7, 11) is 0. The molecule has 2 amide bonds. The van der Waals surface area contributed by atoms with Crippen molar-refractivity contribution in [1.29, 1.82) is 0 Å². The summed E-state index contributed by atoms with van der Waals surface area (Å²) in [5, 5.41) is 9.03. The maximum atomic E-state index is 12.3. The van der Waals surface area contributed by atoms with Crippen LogP contribution in [0.2, 0.25) is 0 Å². The molecule has 1 aliphatic heterocycles. The molecular weight excluding hydrogens is 232 g/mol. The van der Waals surface area contributed by atoms with E-state index < -0.39 is 11.9 Å². The normalized spacial score (nSPS) is 19.7. The Morgan fingerprint density at radius 3 is 2.39 bits per heavy atom. The SMILES string of the molecule is CCCN(CCC)C(=O)N1CCC[C@@H](C(=O)O)C1. The number of carboxylic acids is 1. The van der Waals surface area contributed by atoms with Gasteiger partial charge in [0.15, 0.2) is 0 Å². The van der Waals surface area contributed by atoms with Crippen molar-refractivity contribution in [3.05, 3.63) is 0 Å². The third-order valence-corrected chi connectivity index (χ3v) is 3.30. The average molecular weight is 256 g/mol. The molecule has 104 valence electrons. The van der Waals surface area contributed by atoms with Gasteiger partial charge in [0.1, 0.15) is 0 Å². The van der Waals surface area contributed by atoms with Crippen LogP contribution in [0.3, 0.4) is 0 Å². The maximum absolute atomic E-state index is 12.3. The van der Waals surface area contributed by atoms with Crippen LogP contribution in [0.25, 0.3) is 0 Å². The monoisotopic (exact) mass is 256 g/mol. The number of urea groups is 1. The van der Waals surface area contributed by atoms with Gasteiger partial charge in [-0.3, -0.25) is 4.79 Å². The van der Waals surface area contributed by atoms with Crippen LogP contribution in [0.1, 0.15) is 39.5 Å². The van der Waals surface area contributed by atoms with Crippen molar-refractivity contribution >= 4 is 12.0 Å². The number of rotatable bonds is 5. The van der Waals surface area contributed by atoms with Crippen LogP contribution in [-0.4, -0.2) is 53.1 Å². The number of carbonyl (C=O) groups is 2. The minimum Gasteiger partial charge on any atom is -0.481 e. The molecule has 0 bridgehead atoms.